The van der Waals surface area contributed by atoms with Crippen LogP contribution in [0.1, 0.15) is 13.8 Å². The molecule has 20 heavy (non-hydrogen) atoms. The molecular weight excluding hydrogens is 283 g/mol. The number of halogens is 2. The molecule has 0 fully saturated rings. The van der Waals surface area contributed by atoms with Gasteiger partial charge in [-0.05, 0) is 23.6 Å². The van der Waals surface area contributed by atoms with Gasteiger partial charge in [0, 0.05) is 6.54 Å². The minimum Gasteiger partial charge on any atom is -0.297 e. The maximum absolute atomic E-state index is 12.9. The van der Waals surface area contributed by atoms with Crippen LogP contribution in [0.3, 0.4) is 0 Å². The van der Waals surface area contributed by atoms with Gasteiger partial charge in [-0.25, -0.2) is 9.18 Å². The third-order valence-electron chi connectivity index (χ3n) is 2.82. The van der Waals surface area contributed by atoms with E-state index in [4.69, 9.17) is 11.6 Å². The standard InChI is InChI=1S/C14H14ClFN2O2/c1-8(2)7-18-13(19)11(12(15)17-14(18)20)9-3-5-10(16)6-4-9/h3-6,8H,7H2,1-2H3,(H,17,20). The summed E-state index contributed by atoms with van der Waals surface area (Å²) in [6, 6.07) is 5.39. The number of aromatic amines is 1. The van der Waals surface area contributed by atoms with Gasteiger partial charge in [-0.15, -0.1) is 0 Å². The van der Waals surface area contributed by atoms with Crippen LogP contribution in [-0.2, 0) is 6.54 Å². The highest BCUT2D eigenvalue weighted by atomic mass is 35.5. The van der Waals surface area contributed by atoms with E-state index < -0.39 is 17.1 Å². The van der Waals surface area contributed by atoms with Crippen molar-refractivity contribution in [3.63, 3.8) is 0 Å². The molecule has 1 heterocycles. The van der Waals surface area contributed by atoms with Crippen molar-refractivity contribution in [1.82, 2.24) is 9.55 Å². The van der Waals surface area contributed by atoms with E-state index in [0.717, 1.165) is 4.57 Å². The molecule has 0 unspecified atom stereocenters. The molecule has 0 bridgehead atoms. The van der Waals surface area contributed by atoms with Crippen LogP contribution in [0.2, 0.25) is 5.15 Å². The quantitative estimate of drug-likeness (QED) is 0.885. The minimum absolute atomic E-state index is 0.0355. The molecule has 0 aliphatic rings. The number of nitrogens with one attached hydrogen (secondary N) is 1. The lowest BCUT2D eigenvalue weighted by molar-refractivity contribution is 0.493. The van der Waals surface area contributed by atoms with Gasteiger partial charge in [-0.3, -0.25) is 14.3 Å². The third-order valence-corrected chi connectivity index (χ3v) is 3.10. The van der Waals surface area contributed by atoms with Crippen molar-refractivity contribution in [1.29, 1.82) is 0 Å². The van der Waals surface area contributed by atoms with E-state index in [-0.39, 0.29) is 16.6 Å². The van der Waals surface area contributed by atoms with Crippen molar-refractivity contribution in [3.05, 3.63) is 56.1 Å². The van der Waals surface area contributed by atoms with Crippen LogP contribution in [0.15, 0.2) is 33.9 Å². The molecule has 0 amide bonds. The minimum atomic E-state index is -0.542. The Morgan fingerprint density at radius 2 is 1.85 bits per heavy atom. The zero-order valence-corrected chi connectivity index (χ0v) is 11.9. The Hall–Kier alpha value is -1.88. The zero-order valence-electron chi connectivity index (χ0n) is 11.1. The fourth-order valence-electron chi connectivity index (χ4n) is 1.94. The van der Waals surface area contributed by atoms with Crippen molar-refractivity contribution in [3.8, 4) is 11.1 Å². The number of benzene rings is 1. The first-order valence-corrected chi connectivity index (χ1v) is 6.56. The molecule has 0 atom stereocenters. The fraction of sp³-hybridized carbons (Fsp3) is 0.286. The van der Waals surface area contributed by atoms with Gasteiger partial charge in [0.05, 0.1) is 5.56 Å². The van der Waals surface area contributed by atoms with Crippen LogP contribution in [0.4, 0.5) is 4.39 Å². The van der Waals surface area contributed by atoms with Crippen molar-refractivity contribution < 1.29 is 4.39 Å². The summed E-state index contributed by atoms with van der Waals surface area (Å²) in [5.41, 5.74) is -0.374. The molecule has 4 nitrogen and oxygen atoms in total. The second kappa shape index (κ2) is 5.63. The molecule has 0 saturated carbocycles. The SMILES string of the molecule is CC(C)Cn1c(=O)[nH]c(Cl)c(-c2ccc(F)cc2)c1=O. The summed E-state index contributed by atoms with van der Waals surface area (Å²) in [5, 5.41) is -0.0355. The summed E-state index contributed by atoms with van der Waals surface area (Å²) >= 11 is 5.95. The second-order valence-corrected chi connectivity index (χ2v) is 5.31. The second-order valence-electron chi connectivity index (χ2n) is 4.94. The number of rotatable bonds is 3. The third kappa shape index (κ3) is 2.82. The van der Waals surface area contributed by atoms with Crippen molar-refractivity contribution >= 4 is 11.6 Å². The summed E-state index contributed by atoms with van der Waals surface area (Å²) in [7, 11) is 0. The lowest BCUT2D eigenvalue weighted by Gasteiger charge is -2.11. The zero-order chi connectivity index (χ0) is 14.9. The van der Waals surface area contributed by atoms with Gasteiger partial charge in [0.1, 0.15) is 11.0 Å². The van der Waals surface area contributed by atoms with Crippen LogP contribution in [-0.4, -0.2) is 9.55 Å². The predicted octanol–water partition coefficient (Wildman–Crippen LogP) is 2.65. The van der Waals surface area contributed by atoms with Crippen LogP contribution in [0.25, 0.3) is 11.1 Å². The number of aromatic nitrogens is 2. The van der Waals surface area contributed by atoms with Gasteiger partial charge in [0.15, 0.2) is 0 Å². The first-order chi connectivity index (χ1) is 9.40. The molecule has 0 spiro atoms. The lowest BCUT2D eigenvalue weighted by Crippen LogP contribution is -2.37. The van der Waals surface area contributed by atoms with E-state index in [1.165, 1.54) is 24.3 Å². The van der Waals surface area contributed by atoms with Gasteiger partial charge in [0.2, 0.25) is 0 Å². The summed E-state index contributed by atoms with van der Waals surface area (Å²) < 4.78 is 14.1. The first-order valence-electron chi connectivity index (χ1n) is 6.18. The number of hydrogen-bond acceptors (Lipinski definition) is 2. The van der Waals surface area contributed by atoms with Gasteiger partial charge in [-0.2, -0.15) is 0 Å². The maximum Gasteiger partial charge on any atom is 0.329 e. The summed E-state index contributed by atoms with van der Waals surface area (Å²) in [6.45, 7) is 4.09. The van der Waals surface area contributed by atoms with E-state index in [1.54, 1.807) is 0 Å². The number of H-pyrrole nitrogens is 1. The maximum atomic E-state index is 12.9. The Balaban J connectivity index is 2.67. The summed E-state index contributed by atoms with van der Waals surface area (Å²) in [4.78, 5) is 26.6. The van der Waals surface area contributed by atoms with E-state index in [9.17, 15) is 14.0 Å². The van der Waals surface area contributed by atoms with E-state index in [0.29, 0.717) is 12.1 Å². The molecule has 106 valence electrons. The molecule has 2 rings (SSSR count). The Morgan fingerprint density at radius 1 is 1.25 bits per heavy atom. The largest absolute Gasteiger partial charge is 0.329 e. The Bertz CT molecular complexity index is 732. The monoisotopic (exact) mass is 296 g/mol. The molecule has 0 radical (unpaired) electrons. The lowest BCUT2D eigenvalue weighted by atomic mass is 10.1. The van der Waals surface area contributed by atoms with Crippen molar-refractivity contribution in [2.75, 3.05) is 0 Å². The molecule has 1 aromatic carbocycles. The summed E-state index contributed by atoms with van der Waals surface area (Å²) in [5.74, 6) is -0.271. The van der Waals surface area contributed by atoms with Crippen LogP contribution in [0.5, 0.6) is 0 Å². The van der Waals surface area contributed by atoms with Crippen molar-refractivity contribution in [2.24, 2.45) is 5.92 Å². The molecule has 0 aliphatic heterocycles. The van der Waals surface area contributed by atoms with Crippen LogP contribution >= 0.6 is 11.6 Å². The molecule has 0 aliphatic carbocycles. The molecule has 6 heteroatoms. The van der Waals surface area contributed by atoms with Gasteiger partial charge >= 0.3 is 5.69 Å². The number of hydrogen-bond donors (Lipinski definition) is 1. The van der Waals surface area contributed by atoms with Gasteiger partial charge < -0.3 is 0 Å². The van der Waals surface area contributed by atoms with Crippen LogP contribution < -0.4 is 11.2 Å². The van der Waals surface area contributed by atoms with Crippen LogP contribution in [0, 0.1) is 11.7 Å². The average Bonchev–Trinajstić information content (AvgIpc) is 2.36. The van der Waals surface area contributed by atoms with E-state index in [1.807, 2.05) is 13.8 Å². The predicted molar refractivity (Wildman–Crippen MR) is 76.6 cm³/mol. The first kappa shape index (κ1) is 14.5. The molecule has 2 aromatic rings. The molecule has 1 N–H and O–H groups in total. The Kier molecular flexibility index (Phi) is 4.09. The van der Waals surface area contributed by atoms with Gasteiger partial charge in [0.25, 0.3) is 5.56 Å². The van der Waals surface area contributed by atoms with E-state index in [2.05, 4.69) is 4.98 Å². The highest BCUT2D eigenvalue weighted by Crippen LogP contribution is 2.21. The number of nitrogens with zero attached hydrogens (tertiary/aromatic N) is 1. The topological polar surface area (TPSA) is 54.9 Å². The molecular formula is C14H14ClFN2O2. The molecule has 0 saturated heterocycles. The Morgan fingerprint density at radius 3 is 2.40 bits per heavy atom. The average molecular weight is 297 g/mol. The highest BCUT2D eigenvalue weighted by Gasteiger charge is 2.15. The Labute approximate surface area is 119 Å². The smallest absolute Gasteiger partial charge is 0.297 e. The normalized spacial score (nSPS) is 11.1. The fourth-order valence-corrected chi connectivity index (χ4v) is 2.21. The summed E-state index contributed by atoms with van der Waals surface area (Å²) in [6.07, 6.45) is 0. The molecule has 1 aromatic heterocycles. The highest BCUT2D eigenvalue weighted by molar-refractivity contribution is 6.32. The van der Waals surface area contributed by atoms with Crippen molar-refractivity contribution in [2.45, 2.75) is 20.4 Å². The van der Waals surface area contributed by atoms with Gasteiger partial charge in [-0.1, -0.05) is 37.6 Å². The van der Waals surface area contributed by atoms with E-state index >= 15 is 0 Å².